The summed E-state index contributed by atoms with van der Waals surface area (Å²) in [5.41, 5.74) is -0.952. The van der Waals surface area contributed by atoms with E-state index in [-0.39, 0.29) is 18.9 Å². The Morgan fingerprint density at radius 1 is 1.22 bits per heavy atom. The summed E-state index contributed by atoms with van der Waals surface area (Å²) in [6.45, 7) is -0.477. The number of aliphatic hydroxyl groups excluding tert-OH is 2. The Morgan fingerprint density at radius 3 is 2.33 bits per heavy atom. The van der Waals surface area contributed by atoms with Gasteiger partial charge in [-0.2, -0.15) is 0 Å². The van der Waals surface area contributed by atoms with Crippen LogP contribution < -0.4 is 5.32 Å². The molecule has 1 aliphatic rings. The first-order valence-electron chi connectivity index (χ1n) is 6.29. The van der Waals surface area contributed by atoms with Crippen LogP contribution in [0.25, 0.3) is 0 Å². The van der Waals surface area contributed by atoms with Crippen LogP contribution in [0.3, 0.4) is 0 Å². The molecule has 0 aromatic heterocycles. The van der Waals surface area contributed by atoms with Gasteiger partial charge in [-0.15, -0.1) is 0 Å². The zero-order valence-electron chi connectivity index (χ0n) is 10.4. The molecular formula is C12H21NO5. The number of carbonyl (C=O) groups is 2. The number of carboxylic acid groups (broad SMARTS) is 1. The summed E-state index contributed by atoms with van der Waals surface area (Å²) in [6, 6.07) is 0. The second-order valence-corrected chi connectivity index (χ2v) is 4.96. The Bertz CT molecular complexity index is 299. The molecule has 1 rings (SSSR count). The van der Waals surface area contributed by atoms with Crippen LogP contribution in [0.5, 0.6) is 0 Å². The van der Waals surface area contributed by atoms with E-state index in [4.69, 9.17) is 10.2 Å². The molecule has 1 saturated carbocycles. The lowest BCUT2D eigenvalue weighted by Gasteiger charge is -2.32. The Hall–Kier alpha value is -1.14. The monoisotopic (exact) mass is 259 g/mol. The molecule has 0 radical (unpaired) electrons. The van der Waals surface area contributed by atoms with Gasteiger partial charge in [0.05, 0.1) is 18.1 Å². The quantitative estimate of drug-likeness (QED) is 0.532. The Labute approximate surface area is 106 Å². The molecule has 18 heavy (non-hydrogen) atoms. The predicted molar refractivity (Wildman–Crippen MR) is 63.9 cm³/mol. The van der Waals surface area contributed by atoms with Crippen molar-refractivity contribution in [1.82, 2.24) is 5.32 Å². The summed E-state index contributed by atoms with van der Waals surface area (Å²) < 4.78 is 0. The Kier molecular flexibility index (Phi) is 5.55. The lowest BCUT2D eigenvalue weighted by molar-refractivity contribution is -0.154. The zero-order chi connectivity index (χ0) is 13.6. The Morgan fingerprint density at radius 2 is 1.83 bits per heavy atom. The molecule has 104 valence electrons. The maximum absolute atomic E-state index is 11.7. The number of amides is 1. The van der Waals surface area contributed by atoms with E-state index >= 15 is 0 Å². The molecule has 6 heteroatoms. The second-order valence-electron chi connectivity index (χ2n) is 4.96. The van der Waals surface area contributed by atoms with Gasteiger partial charge in [0.2, 0.25) is 5.91 Å². The summed E-state index contributed by atoms with van der Waals surface area (Å²) >= 11 is 0. The molecule has 1 unspecified atom stereocenters. The van der Waals surface area contributed by atoms with E-state index in [9.17, 15) is 14.7 Å². The first kappa shape index (κ1) is 14.9. The number of aliphatic carboxylic acids is 1. The minimum Gasteiger partial charge on any atom is -0.481 e. The fraction of sp³-hybridized carbons (Fsp3) is 0.833. The minimum atomic E-state index is -0.999. The zero-order valence-corrected chi connectivity index (χ0v) is 10.4. The minimum absolute atomic E-state index is 0.0506. The molecule has 1 aliphatic carbocycles. The summed E-state index contributed by atoms with van der Waals surface area (Å²) in [5, 5.41) is 29.5. The highest BCUT2D eigenvalue weighted by Gasteiger charge is 2.41. The van der Waals surface area contributed by atoms with Gasteiger partial charge >= 0.3 is 5.97 Å². The fourth-order valence-electron chi connectivity index (χ4n) is 2.36. The van der Waals surface area contributed by atoms with Crippen LogP contribution in [0.4, 0.5) is 0 Å². The molecule has 1 atom stereocenters. The normalized spacial score (nSPS) is 20.1. The topological polar surface area (TPSA) is 107 Å². The van der Waals surface area contributed by atoms with E-state index in [1.54, 1.807) is 0 Å². The number of aliphatic hydroxyl groups is 2. The molecule has 0 bridgehead atoms. The first-order valence-corrected chi connectivity index (χ1v) is 6.29. The van der Waals surface area contributed by atoms with E-state index in [0.717, 1.165) is 19.3 Å². The average molecular weight is 259 g/mol. The number of hydrogen-bond acceptors (Lipinski definition) is 4. The Balaban J connectivity index is 2.50. The van der Waals surface area contributed by atoms with Gasteiger partial charge in [-0.25, -0.2) is 0 Å². The van der Waals surface area contributed by atoms with Gasteiger partial charge in [-0.1, -0.05) is 19.3 Å². The maximum atomic E-state index is 11.7. The molecule has 1 fully saturated rings. The van der Waals surface area contributed by atoms with Crippen LogP contribution in [0.15, 0.2) is 0 Å². The maximum Gasteiger partial charge on any atom is 0.310 e. The van der Waals surface area contributed by atoms with Gasteiger partial charge in [0.1, 0.15) is 0 Å². The molecule has 0 aliphatic heterocycles. The lowest BCUT2D eigenvalue weighted by Crippen LogP contribution is -2.41. The van der Waals surface area contributed by atoms with Crippen molar-refractivity contribution in [3.63, 3.8) is 0 Å². The van der Waals surface area contributed by atoms with Crippen molar-refractivity contribution in [1.29, 1.82) is 0 Å². The summed E-state index contributed by atoms with van der Waals surface area (Å²) in [4.78, 5) is 23.0. The summed E-state index contributed by atoms with van der Waals surface area (Å²) in [6.07, 6.45) is 2.68. The highest BCUT2D eigenvalue weighted by molar-refractivity contribution is 5.85. The van der Waals surface area contributed by atoms with Crippen LogP contribution >= 0.6 is 0 Å². The van der Waals surface area contributed by atoms with Gasteiger partial charge in [0.15, 0.2) is 0 Å². The number of hydrogen-bond donors (Lipinski definition) is 4. The smallest absolute Gasteiger partial charge is 0.310 e. The van der Waals surface area contributed by atoms with Crippen molar-refractivity contribution in [3.05, 3.63) is 0 Å². The highest BCUT2D eigenvalue weighted by atomic mass is 16.4. The van der Waals surface area contributed by atoms with Gasteiger partial charge in [-0.3, -0.25) is 9.59 Å². The van der Waals surface area contributed by atoms with Crippen LogP contribution in [-0.4, -0.2) is 46.5 Å². The van der Waals surface area contributed by atoms with Crippen LogP contribution in [0, 0.1) is 5.41 Å². The van der Waals surface area contributed by atoms with E-state index in [0.29, 0.717) is 12.8 Å². The average Bonchev–Trinajstić information content (AvgIpc) is 2.36. The van der Waals surface area contributed by atoms with Crippen LogP contribution in [0.2, 0.25) is 0 Å². The highest BCUT2D eigenvalue weighted by Crippen LogP contribution is 2.39. The lowest BCUT2D eigenvalue weighted by atomic mass is 9.71. The number of rotatable bonds is 6. The standard InChI is InChI=1S/C12H21NO5/c14-8-9(15)7-13-10(16)6-12(11(17)18)4-2-1-3-5-12/h9,14-15H,1-8H2,(H,13,16)(H,17,18). The van der Waals surface area contributed by atoms with Gasteiger partial charge in [0.25, 0.3) is 0 Å². The van der Waals surface area contributed by atoms with Crippen LogP contribution in [0.1, 0.15) is 38.5 Å². The SMILES string of the molecule is O=C(CC1(C(=O)O)CCCCC1)NCC(O)CO. The van der Waals surface area contributed by atoms with Crippen molar-refractivity contribution in [2.75, 3.05) is 13.2 Å². The molecule has 0 aromatic carbocycles. The van der Waals surface area contributed by atoms with Crippen LogP contribution in [-0.2, 0) is 9.59 Å². The van der Waals surface area contributed by atoms with E-state index in [2.05, 4.69) is 5.32 Å². The molecular weight excluding hydrogens is 238 g/mol. The molecule has 0 spiro atoms. The third-order valence-corrected chi connectivity index (χ3v) is 3.51. The fourth-order valence-corrected chi connectivity index (χ4v) is 2.36. The van der Waals surface area contributed by atoms with Crippen molar-refractivity contribution in [2.45, 2.75) is 44.6 Å². The van der Waals surface area contributed by atoms with Crippen molar-refractivity contribution >= 4 is 11.9 Å². The summed E-state index contributed by atoms with van der Waals surface area (Å²) in [5.74, 6) is -1.30. The van der Waals surface area contributed by atoms with E-state index in [1.807, 2.05) is 0 Å². The third kappa shape index (κ3) is 3.96. The van der Waals surface area contributed by atoms with Gasteiger partial charge < -0.3 is 20.6 Å². The van der Waals surface area contributed by atoms with Crippen molar-refractivity contribution in [2.24, 2.45) is 5.41 Å². The molecule has 4 N–H and O–H groups in total. The second kappa shape index (κ2) is 6.70. The van der Waals surface area contributed by atoms with E-state index in [1.165, 1.54) is 0 Å². The molecule has 6 nitrogen and oxygen atoms in total. The largest absolute Gasteiger partial charge is 0.481 e. The van der Waals surface area contributed by atoms with Gasteiger partial charge in [-0.05, 0) is 12.8 Å². The van der Waals surface area contributed by atoms with E-state index < -0.39 is 24.1 Å². The predicted octanol–water partition coefficient (Wildman–Crippen LogP) is -0.119. The molecule has 0 aromatic rings. The number of carboxylic acids is 1. The molecule has 1 amide bonds. The van der Waals surface area contributed by atoms with Crippen molar-refractivity contribution < 1.29 is 24.9 Å². The number of carbonyl (C=O) groups excluding carboxylic acids is 1. The number of nitrogens with one attached hydrogen (secondary N) is 1. The molecule has 0 saturated heterocycles. The summed E-state index contributed by atoms with van der Waals surface area (Å²) in [7, 11) is 0. The van der Waals surface area contributed by atoms with Crippen molar-refractivity contribution in [3.8, 4) is 0 Å². The van der Waals surface area contributed by atoms with Gasteiger partial charge in [0, 0.05) is 13.0 Å². The molecule has 0 heterocycles. The third-order valence-electron chi connectivity index (χ3n) is 3.51. The first-order chi connectivity index (χ1) is 8.50.